The van der Waals surface area contributed by atoms with Crippen molar-refractivity contribution < 1.29 is 4.79 Å². The molecule has 0 spiro atoms. The van der Waals surface area contributed by atoms with Crippen LogP contribution in [0.5, 0.6) is 0 Å². The Hall–Kier alpha value is -3.00. The van der Waals surface area contributed by atoms with Gasteiger partial charge in [-0.25, -0.2) is 0 Å². The lowest BCUT2D eigenvalue weighted by Crippen LogP contribution is -2.02. The van der Waals surface area contributed by atoms with Crippen LogP contribution in [0.3, 0.4) is 0 Å². The van der Waals surface area contributed by atoms with E-state index in [1.807, 2.05) is 72.8 Å². The van der Waals surface area contributed by atoms with Crippen molar-refractivity contribution in [2.45, 2.75) is 6.92 Å². The molecule has 0 fully saturated rings. The molecule has 0 aromatic heterocycles. The number of allylic oxidation sites excluding steroid dienone is 5. The molecule has 0 unspecified atom stereocenters. The number of carbonyl (C=O) groups is 1. The number of carbonyl (C=O) groups excluding carboxylic acids is 1. The molecule has 0 saturated heterocycles. The van der Waals surface area contributed by atoms with Gasteiger partial charge in [-0.15, -0.1) is 0 Å². The van der Waals surface area contributed by atoms with Crippen molar-refractivity contribution in [2.24, 2.45) is 4.99 Å². The zero-order valence-electron chi connectivity index (χ0n) is 13.1. The zero-order valence-corrected chi connectivity index (χ0v) is 13.1. The van der Waals surface area contributed by atoms with Gasteiger partial charge >= 0.3 is 0 Å². The summed E-state index contributed by atoms with van der Waals surface area (Å²) in [5.41, 5.74) is 3.07. The highest BCUT2D eigenvalue weighted by Crippen LogP contribution is 2.11. The molecular weight excluding hydrogens is 282 g/mol. The van der Waals surface area contributed by atoms with Gasteiger partial charge in [0.05, 0.1) is 5.71 Å². The van der Waals surface area contributed by atoms with Gasteiger partial charge in [-0.2, -0.15) is 0 Å². The second kappa shape index (κ2) is 9.11. The molecule has 2 rings (SSSR count). The molecule has 0 bridgehead atoms. The largest absolute Gasteiger partial charge is 0.295 e. The maximum atomic E-state index is 10.8. The molecule has 0 aliphatic rings. The molecule has 0 radical (unpaired) electrons. The zero-order chi connectivity index (χ0) is 16.3. The summed E-state index contributed by atoms with van der Waals surface area (Å²) in [4.78, 5) is 15.4. The van der Waals surface area contributed by atoms with Crippen molar-refractivity contribution in [3.05, 3.63) is 108 Å². The van der Waals surface area contributed by atoms with Crippen LogP contribution in [0, 0.1) is 0 Å². The fourth-order valence-electron chi connectivity index (χ4n) is 1.99. The van der Waals surface area contributed by atoms with E-state index in [2.05, 4.69) is 4.99 Å². The minimum atomic E-state index is 0.0343. The number of rotatable bonds is 6. The first kappa shape index (κ1) is 16.4. The Kier molecular flexibility index (Phi) is 6.48. The molecular formula is C21H19NO. The van der Waals surface area contributed by atoms with Gasteiger partial charge in [0.25, 0.3) is 0 Å². The third kappa shape index (κ3) is 5.71. The maximum absolute atomic E-state index is 10.8. The lowest BCUT2D eigenvalue weighted by molar-refractivity contribution is -0.112. The molecule has 0 heterocycles. The minimum Gasteiger partial charge on any atom is -0.295 e. The molecule has 0 atom stereocenters. The average molecular weight is 301 g/mol. The molecule has 0 saturated carbocycles. The van der Waals surface area contributed by atoms with Crippen molar-refractivity contribution in [3.63, 3.8) is 0 Å². The van der Waals surface area contributed by atoms with Crippen molar-refractivity contribution in [2.75, 3.05) is 0 Å². The summed E-state index contributed by atoms with van der Waals surface area (Å²) in [6.07, 6.45) is 10.5. The Morgan fingerprint density at radius 3 is 1.83 bits per heavy atom. The quantitative estimate of drug-likeness (QED) is 0.430. The summed E-state index contributed by atoms with van der Waals surface area (Å²) in [5.74, 6) is 0.0343. The predicted molar refractivity (Wildman–Crippen MR) is 96.6 cm³/mol. The Morgan fingerprint density at radius 2 is 1.30 bits per heavy atom. The second-order valence-electron chi connectivity index (χ2n) is 4.91. The van der Waals surface area contributed by atoms with Crippen LogP contribution < -0.4 is 0 Å². The van der Waals surface area contributed by atoms with Crippen LogP contribution in [-0.2, 0) is 4.79 Å². The molecule has 2 heteroatoms. The van der Waals surface area contributed by atoms with E-state index in [1.165, 1.54) is 13.0 Å². The van der Waals surface area contributed by atoms with E-state index in [-0.39, 0.29) is 5.78 Å². The van der Waals surface area contributed by atoms with E-state index in [4.69, 9.17) is 0 Å². The van der Waals surface area contributed by atoms with Crippen LogP contribution in [0.25, 0.3) is 0 Å². The van der Waals surface area contributed by atoms with Gasteiger partial charge in [0, 0.05) is 17.3 Å². The van der Waals surface area contributed by atoms with Crippen LogP contribution in [0.2, 0.25) is 0 Å². The standard InChI is InChI=1S/C21H19NO/c1-18(23)12-6-2-3-11-17-22-21(19-13-7-4-8-14-19)20-15-9-5-10-16-20/h2-17H,1H3/b3-2+,12-6+,17-11-. The Morgan fingerprint density at radius 1 is 0.783 bits per heavy atom. The molecule has 0 aliphatic heterocycles. The smallest absolute Gasteiger partial charge is 0.152 e. The molecule has 2 aromatic carbocycles. The molecule has 0 amide bonds. The van der Waals surface area contributed by atoms with E-state index in [0.29, 0.717) is 0 Å². The lowest BCUT2D eigenvalue weighted by Gasteiger charge is -2.05. The monoisotopic (exact) mass is 301 g/mol. The molecule has 23 heavy (non-hydrogen) atoms. The van der Waals surface area contributed by atoms with Gasteiger partial charge in [-0.3, -0.25) is 9.79 Å². The summed E-state index contributed by atoms with van der Waals surface area (Å²) in [7, 11) is 0. The maximum Gasteiger partial charge on any atom is 0.152 e. The van der Waals surface area contributed by atoms with E-state index in [0.717, 1.165) is 16.8 Å². The summed E-state index contributed by atoms with van der Waals surface area (Å²) >= 11 is 0. The van der Waals surface area contributed by atoms with Gasteiger partial charge < -0.3 is 0 Å². The first-order chi connectivity index (χ1) is 11.3. The van der Waals surface area contributed by atoms with Crippen molar-refractivity contribution in [1.82, 2.24) is 0 Å². The topological polar surface area (TPSA) is 29.4 Å². The summed E-state index contributed by atoms with van der Waals surface area (Å²) in [6, 6.07) is 20.2. The average Bonchev–Trinajstić information content (AvgIpc) is 2.59. The highest BCUT2D eigenvalue weighted by atomic mass is 16.1. The minimum absolute atomic E-state index is 0.0343. The molecule has 2 aromatic rings. The fourth-order valence-corrected chi connectivity index (χ4v) is 1.99. The highest BCUT2D eigenvalue weighted by molar-refractivity contribution is 6.13. The summed E-state index contributed by atoms with van der Waals surface area (Å²) in [5, 5.41) is 0. The van der Waals surface area contributed by atoms with Crippen LogP contribution >= 0.6 is 0 Å². The van der Waals surface area contributed by atoms with Crippen molar-refractivity contribution >= 4 is 11.5 Å². The number of hydrogen-bond donors (Lipinski definition) is 0. The van der Waals surface area contributed by atoms with Crippen molar-refractivity contribution in [1.29, 1.82) is 0 Å². The Balaban J connectivity index is 2.20. The Labute approximate surface area is 137 Å². The van der Waals surface area contributed by atoms with Crippen LogP contribution in [-0.4, -0.2) is 11.5 Å². The number of ketones is 1. The molecule has 2 nitrogen and oxygen atoms in total. The number of nitrogens with zero attached hydrogens (tertiary/aromatic N) is 1. The fraction of sp³-hybridized carbons (Fsp3) is 0.0476. The third-order valence-electron chi connectivity index (χ3n) is 3.05. The molecule has 0 N–H and O–H groups in total. The van der Waals surface area contributed by atoms with E-state index in [9.17, 15) is 4.79 Å². The SMILES string of the molecule is CC(=O)/C=C/C=C/C=C\N=C(c1ccccc1)c1ccccc1. The van der Waals surface area contributed by atoms with Crippen LogP contribution in [0.15, 0.2) is 102 Å². The number of benzene rings is 2. The van der Waals surface area contributed by atoms with E-state index in [1.54, 1.807) is 18.4 Å². The Bertz CT molecular complexity index is 696. The normalized spacial score (nSPS) is 11.3. The van der Waals surface area contributed by atoms with Gasteiger partial charge in [-0.1, -0.05) is 78.9 Å². The number of hydrogen-bond acceptors (Lipinski definition) is 2. The number of aliphatic imine (C=N–C) groups is 1. The molecule has 114 valence electrons. The van der Waals surface area contributed by atoms with E-state index < -0.39 is 0 Å². The summed E-state index contributed by atoms with van der Waals surface area (Å²) in [6.45, 7) is 1.52. The van der Waals surface area contributed by atoms with E-state index >= 15 is 0 Å². The van der Waals surface area contributed by atoms with Crippen LogP contribution in [0.1, 0.15) is 18.1 Å². The van der Waals surface area contributed by atoms with Crippen LogP contribution in [0.4, 0.5) is 0 Å². The van der Waals surface area contributed by atoms with Gasteiger partial charge in [-0.05, 0) is 19.1 Å². The lowest BCUT2D eigenvalue weighted by atomic mass is 10.0. The summed E-state index contributed by atoms with van der Waals surface area (Å²) < 4.78 is 0. The first-order valence-corrected chi connectivity index (χ1v) is 7.46. The van der Waals surface area contributed by atoms with Gasteiger partial charge in [0.15, 0.2) is 5.78 Å². The highest BCUT2D eigenvalue weighted by Gasteiger charge is 2.04. The molecule has 0 aliphatic carbocycles. The third-order valence-corrected chi connectivity index (χ3v) is 3.05. The predicted octanol–water partition coefficient (Wildman–Crippen LogP) is 4.74. The first-order valence-electron chi connectivity index (χ1n) is 7.46. The van der Waals surface area contributed by atoms with Gasteiger partial charge in [0.1, 0.15) is 0 Å². The second-order valence-corrected chi connectivity index (χ2v) is 4.91. The van der Waals surface area contributed by atoms with Crippen molar-refractivity contribution in [3.8, 4) is 0 Å². The van der Waals surface area contributed by atoms with Gasteiger partial charge in [0.2, 0.25) is 0 Å².